The minimum atomic E-state index is 0.136. The lowest BCUT2D eigenvalue weighted by atomic mass is 10.0. The van der Waals surface area contributed by atoms with Gasteiger partial charge in [-0.25, -0.2) is 0 Å². The predicted octanol–water partition coefficient (Wildman–Crippen LogP) is 0.162. The Labute approximate surface area is 113 Å². The molecular formula is C13H21N5O. The van der Waals surface area contributed by atoms with Gasteiger partial charge in [-0.2, -0.15) is 5.10 Å². The van der Waals surface area contributed by atoms with Crippen molar-refractivity contribution >= 4 is 11.6 Å². The van der Waals surface area contributed by atoms with E-state index in [9.17, 15) is 4.79 Å². The van der Waals surface area contributed by atoms with Crippen molar-refractivity contribution in [3.8, 4) is 0 Å². The van der Waals surface area contributed by atoms with Crippen molar-refractivity contribution in [3.05, 3.63) is 12.4 Å². The van der Waals surface area contributed by atoms with Gasteiger partial charge in [-0.1, -0.05) is 6.42 Å². The van der Waals surface area contributed by atoms with Crippen LogP contribution < -0.4 is 5.73 Å². The van der Waals surface area contributed by atoms with E-state index < -0.39 is 0 Å². The third-order valence-corrected chi connectivity index (χ3v) is 4.07. The Hall–Kier alpha value is -1.56. The Morgan fingerprint density at radius 1 is 1.32 bits per heavy atom. The number of nitrogen functional groups attached to an aromatic ring is 1. The van der Waals surface area contributed by atoms with E-state index in [1.165, 1.54) is 32.4 Å². The van der Waals surface area contributed by atoms with Crippen molar-refractivity contribution in [2.24, 2.45) is 0 Å². The molecule has 2 aliphatic heterocycles. The maximum absolute atomic E-state index is 12.0. The fourth-order valence-electron chi connectivity index (χ4n) is 2.88. The average molecular weight is 263 g/mol. The van der Waals surface area contributed by atoms with Crippen LogP contribution in [0, 0.1) is 0 Å². The zero-order valence-corrected chi connectivity index (χ0v) is 11.2. The predicted molar refractivity (Wildman–Crippen MR) is 72.4 cm³/mol. The molecule has 2 aliphatic rings. The lowest BCUT2D eigenvalue weighted by molar-refractivity contribution is -0.139. The highest BCUT2D eigenvalue weighted by molar-refractivity contribution is 5.77. The zero-order chi connectivity index (χ0) is 13.2. The SMILES string of the molecule is Nc1cnn(CC(=O)N2CC(N3CCCCC3)C2)c1. The molecule has 1 amide bonds. The van der Waals surface area contributed by atoms with Gasteiger partial charge < -0.3 is 10.6 Å². The van der Waals surface area contributed by atoms with Crippen LogP contribution in [-0.2, 0) is 11.3 Å². The molecule has 0 aromatic carbocycles. The van der Waals surface area contributed by atoms with Crippen LogP contribution in [0.15, 0.2) is 12.4 Å². The molecule has 0 spiro atoms. The number of carbonyl (C=O) groups is 1. The first kappa shape index (κ1) is 12.5. The van der Waals surface area contributed by atoms with Gasteiger partial charge in [0, 0.05) is 25.3 Å². The Bertz CT molecular complexity index is 446. The van der Waals surface area contributed by atoms with Crippen molar-refractivity contribution in [1.29, 1.82) is 0 Å². The second kappa shape index (κ2) is 5.21. The number of nitrogens with two attached hydrogens (primary N) is 1. The van der Waals surface area contributed by atoms with Crippen LogP contribution in [0.3, 0.4) is 0 Å². The van der Waals surface area contributed by atoms with Crippen molar-refractivity contribution in [3.63, 3.8) is 0 Å². The molecule has 104 valence electrons. The summed E-state index contributed by atoms with van der Waals surface area (Å²) in [6.45, 7) is 4.43. The lowest BCUT2D eigenvalue weighted by Crippen LogP contribution is -2.62. The highest BCUT2D eigenvalue weighted by Crippen LogP contribution is 2.20. The molecule has 0 radical (unpaired) electrons. The molecule has 1 aromatic heterocycles. The molecule has 2 N–H and O–H groups in total. The van der Waals surface area contributed by atoms with E-state index in [0.717, 1.165) is 13.1 Å². The van der Waals surface area contributed by atoms with Crippen molar-refractivity contribution in [2.75, 3.05) is 31.9 Å². The fraction of sp³-hybridized carbons (Fsp3) is 0.692. The Morgan fingerprint density at radius 3 is 2.68 bits per heavy atom. The smallest absolute Gasteiger partial charge is 0.244 e. The first-order valence-electron chi connectivity index (χ1n) is 7.02. The summed E-state index contributed by atoms with van der Waals surface area (Å²) in [5.41, 5.74) is 6.18. The minimum absolute atomic E-state index is 0.136. The quantitative estimate of drug-likeness (QED) is 0.843. The maximum Gasteiger partial charge on any atom is 0.244 e. The monoisotopic (exact) mass is 263 g/mol. The van der Waals surface area contributed by atoms with E-state index in [4.69, 9.17) is 5.73 Å². The molecule has 0 aliphatic carbocycles. The Morgan fingerprint density at radius 2 is 2.05 bits per heavy atom. The van der Waals surface area contributed by atoms with Gasteiger partial charge in [0.2, 0.25) is 5.91 Å². The van der Waals surface area contributed by atoms with Crippen LogP contribution >= 0.6 is 0 Å². The minimum Gasteiger partial charge on any atom is -0.396 e. The number of piperidine rings is 1. The van der Waals surface area contributed by atoms with Gasteiger partial charge in [-0.15, -0.1) is 0 Å². The first-order valence-corrected chi connectivity index (χ1v) is 7.02. The number of rotatable bonds is 3. The van der Waals surface area contributed by atoms with E-state index in [-0.39, 0.29) is 5.91 Å². The van der Waals surface area contributed by atoms with Gasteiger partial charge in [-0.3, -0.25) is 14.4 Å². The molecular weight excluding hydrogens is 242 g/mol. The summed E-state index contributed by atoms with van der Waals surface area (Å²) < 4.78 is 1.60. The zero-order valence-electron chi connectivity index (χ0n) is 11.2. The number of hydrogen-bond acceptors (Lipinski definition) is 4. The van der Waals surface area contributed by atoms with E-state index in [2.05, 4.69) is 10.00 Å². The lowest BCUT2D eigenvalue weighted by Gasteiger charge is -2.46. The van der Waals surface area contributed by atoms with E-state index in [1.807, 2.05) is 4.90 Å². The first-order chi connectivity index (χ1) is 9.22. The molecule has 0 bridgehead atoms. The van der Waals surface area contributed by atoms with Crippen LogP contribution in [0.1, 0.15) is 19.3 Å². The molecule has 2 saturated heterocycles. The summed E-state index contributed by atoms with van der Waals surface area (Å²) in [5, 5.41) is 4.04. The summed E-state index contributed by atoms with van der Waals surface area (Å²) in [7, 11) is 0. The molecule has 6 nitrogen and oxygen atoms in total. The van der Waals surface area contributed by atoms with E-state index in [0.29, 0.717) is 18.3 Å². The molecule has 19 heavy (non-hydrogen) atoms. The summed E-state index contributed by atoms with van der Waals surface area (Å²) in [6.07, 6.45) is 7.22. The Kier molecular flexibility index (Phi) is 3.42. The molecule has 0 unspecified atom stereocenters. The van der Waals surface area contributed by atoms with Crippen LogP contribution in [0.2, 0.25) is 0 Å². The van der Waals surface area contributed by atoms with Gasteiger partial charge in [0.15, 0.2) is 0 Å². The fourth-order valence-corrected chi connectivity index (χ4v) is 2.88. The largest absolute Gasteiger partial charge is 0.396 e. The van der Waals surface area contributed by atoms with E-state index in [1.54, 1.807) is 17.1 Å². The van der Waals surface area contributed by atoms with Crippen LogP contribution in [0.25, 0.3) is 0 Å². The summed E-state index contributed by atoms with van der Waals surface area (Å²) in [5.74, 6) is 0.136. The van der Waals surface area contributed by atoms with Gasteiger partial charge >= 0.3 is 0 Å². The van der Waals surface area contributed by atoms with Gasteiger partial charge in [0.1, 0.15) is 6.54 Å². The third-order valence-electron chi connectivity index (χ3n) is 4.07. The number of nitrogens with zero attached hydrogens (tertiary/aromatic N) is 4. The second-order valence-corrected chi connectivity index (χ2v) is 5.52. The highest BCUT2D eigenvalue weighted by Gasteiger charge is 2.34. The van der Waals surface area contributed by atoms with Crippen LogP contribution in [0.4, 0.5) is 5.69 Å². The molecule has 3 heterocycles. The summed E-state index contributed by atoms with van der Waals surface area (Å²) in [6, 6.07) is 0.576. The standard InChI is InChI=1S/C13H21N5O/c14-11-6-15-18(7-11)10-13(19)17-8-12(9-17)16-4-2-1-3-5-16/h6-7,12H,1-5,8-10,14H2. The van der Waals surface area contributed by atoms with Crippen LogP contribution in [0.5, 0.6) is 0 Å². The number of aromatic nitrogens is 2. The number of carbonyl (C=O) groups excluding carboxylic acids is 1. The molecule has 0 atom stereocenters. The van der Waals surface area contributed by atoms with Gasteiger partial charge in [0.25, 0.3) is 0 Å². The number of anilines is 1. The summed E-state index contributed by atoms with van der Waals surface area (Å²) >= 11 is 0. The topological polar surface area (TPSA) is 67.4 Å². The van der Waals surface area contributed by atoms with Gasteiger partial charge in [-0.05, 0) is 25.9 Å². The van der Waals surface area contributed by atoms with Crippen molar-refractivity contribution in [1.82, 2.24) is 19.6 Å². The number of amides is 1. The van der Waals surface area contributed by atoms with Crippen molar-refractivity contribution in [2.45, 2.75) is 31.8 Å². The molecule has 0 saturated carbocycles. The molecule has 1 aromatic rings. The van der Waals surface area contributed by atoms with E-state index >= 15 is 0 Å². The number of hydrogen-bond donors (Lipinski definition) is 1. The Balaban J connectivity index is 1.46. The second-order valence-electron chi connectivity index (χ2n) is 5.52. The summed E-state index contributed by atoms with van der Waals surface area (Å²) in [4.78, 5) is 16.5. The maximum atomic E-state index is 12.0. The van der Waals surface area contributed by atoms with Crippen molar-refractivity contribution < 1.29 is 4.79 Å². The highest BCUT2D eigenvalue weighted by atomic mass is 16.2. The van der Waals surface area contributed by atoms with Crippen LogP contribution in [-0.4, -0.2) is 57.7 Å². The normalized spacial score (nSPS) is 21.4. The molecule has 2 fully saturated rings. The third kappa shape index (κ3) is 2.73. The average Bonchev–Trinajstić information content (AvgIpc) is 2.74. The van der Waals surface area contributed by atoms with Gasteiger partial charge in [0.05, 0.1) is 11.9 Å². The number of likely N-dealkylation sites (tertiary alicyclic amines) is 2. The molecule has 6 heteroatoms. The molecule has 3 rings (SSSR count).